The largest absolute Gasteiger partial charge is 0.494 e. The Labute approximate surface area is 152 Å². The first-order valence-electron chi connectivity index (χ1n) is 8.54. The predicted octanol–water partition coefficient (Wildman–Crippen LogP) is 2.74. The van der Waals surface area contributed by atoms with E-state index in [0.717, 1.165) is 11.1 Å². The van der Waals surface area contributed by atoms with Gasteiger partial charge in [0, 0.05) is 11.1 Å². The smallest absolute Gasteiger partial charge is 0.257 e. The van der Waals surface area contributed by atoms with Crippen LogP contribution in [0.5, 0.6) is 5.75 Å². The van der Waals surface area contributed by atoms with Gasteiger partial charge in [-0.2, -0.15) is 0 Å². The number of hydrogen-bond acceptors (Lipinski definition) is 4. The summed E-state index contributed by atoms with van der Waals surface area (Å²) in [6.07, 6.45) is 0.202. The number of aliphatic imine (C=N–C) groups is 1. The van der Waals surface area contributed by atoms with Crippen LogP contribution in [0.1, 0.15) is 40.9 Å². The molecule has 26 heavy (non-hydrogen) atoms. The average Bonchev–Trinajstić information content (AvgIpc) is 2.62. The van der Waals surface area contributed by atoms with E-state index in [2.05, 4.69) is 15.6 Å². The normalized spacial score (nSPS) is 16.5. The third-order valence-corrected chi connectivity index (χ3v) is 4.05. The first-order valence-corrected chi connectivity index (χ1v) is 8.54. The van der Waals surface area contributed by atoms with Gasteiger partial charge in [-0.3, -0.25) is 20.2 Å². The van der Waals surface area contributed by atoms with Crippen LogP contribution in [0.2, 0.25) is 0 Å². The Morgan fingerprint density at radius 2 is 1.96 bits per heavy atom. The number of hydrogen-bond donors (Lipinski definition) is 2. The summed E-state index contributed by atoms with van der Waals surface area (Å²) in [6, 6.07) is 14.3. The maximum atomic E-state index is 12.4. The average molecular weight is 351 g/mol. The lowest BCUT2D eigenvalue weighted by atomic mass is 10.0. The Morgan fingerprint density at radius 1 is 1.23 bits per heavy atom. The van der Waals surface area contributed by atoms with E-state index < -0.39 is 6.04 Å². The molecule has 1 heterocycles. The summed E-state index contributed by atoms with van der Waals surface area (Å²) in [6.45, 7) is 4.38. The van der Waals surface area contributed by atoms with Crippen LogP contribution in [-0.2, 0) is 4.79 Å². The highest BCUT2D eigenvalue weighted by Crippen LogP contribution is 2.31. The number of rotatable bonds is 4. The van der Waals surface area contributed by atoms with Crippen molar-refractivity contribution in [3.63, 3.8) is 0 Å². The lowest BCUT2D eigenvalue weighted by Crippen LogP contribution is -2.47. The number of nitrogens with zero attached hydrogens (tertiary/aromatic N) is 1. The number of carbonyl (C=O) groups excluding carboxylic acids is 2. The molecule has 0 fully saturated rings. The minimum absolute atomic E-state index is 0.156. The maximum absolute atomic E-state index is 12.4. The van der Waals surface area contributed by atoms with Crippen LogP contribution < -0.4 is 15.4 Å². The van der Waals surface area contributed by atoms with Crippen molar-refractivity contribution in [3.05, 3.63) is 65.2 Å². The molecule has 1 aliphatic heterocycles. The highest BCUT2D eigenvalue weighted by Gasteiger charge is 2.25. The first kappa shape index (κ1) is 17.7. The lowest BCUT2D eigenvalue weighted by molar-refractivity contribution is -0.120. The quantitative estimate of drug-likeness (QED) is 0.889. The van der Waals surface area contributed by atoms with Gasteiger partial charge in [0.2, 0.25) is 11.9 Å². The number of benzene rings is 2. The molecule has 2 N–H and O–H groups in total. The molecule has 0 saturated carbocycles. The van der Waals surface area contributed by atoms with Crippen LogP contribution in [-0.4, -0.2) is 24.4 Å². The summed E-state index contributed by atoms with van der Waals surface area (Å²) in [7, 11) is 0. The molecule has 1 aliphatic rings. The van der Waals surface area contributed by atoms with Crippen molar-refractivity contribution in [2.75, 3.05) is 6.61 Å². The van der Waals surface area contributed by atoms with Gasteiger partial charge in [0.1, 0.15) is 5.75 Å². The molecule has 0 aromatic heterocycles. The van der Waals surface area contributed by atoms with Crippen LogP contribution in [0.25, 0.3) is 0 Å². The Bertz CT molecular complexity index is 844. The summed E-state index contributed by atoms with van der Waals surface area (Å²) < 4.78 is 5.63. The van der Waals surface area contributed by atoms with Gasteiger partial charge in [-0.25, -0.2) is 4.99 Å². The Balaban J connectivity index is 1.82. The zero-order valence-electron chi connectivity index (χ0n) is 14.8. The van der Waals surface area contributed by atoms with Crippen molar-refractivity contribution in [1.82, 2.24) is 10.6 Å². The molecule has 2 aromatic rings. The van der Waals surface area contributed by atoms with Gasteiger partial charge in [0.15, 0.2) is 0 Å². The molecular formula is C20H21N3O3. The van der Waals surface area contributed by atoms with Crippen molar-refractivity contribution < 1.29 is 14.3 Å². The van der Waals surface area contributed by atoms with E-state index in [0.29, 0.717) is 17.9 Å². The number of carbonyl (C=O) groups is 2. The Hall–Kier alpha value is -3.15. The molecule has 0 bridgehead atoms. The molecule has 0 unspecified atom stereocenters. The minimum Gasteiger partial charge on any atom is -0.494 e. The second kappa shape index (κ2) is 7.82. The van der Waals surface area contributed by atoms with Gasteiger partial charge < -0.3 is 4.74 Å². The predicted molar refractivity (Wildman–Crippen MR) is 99.2 cm³/mol. The Kier molecular flexibility index (Phi) is 5.31. The van der Waals surface area contributed by atoms with Crippen molar-refractivity contribution in [2.45, 2.75) is 26.3 Å². The van der Waals surface area contributed by atoms with Gasteiger partial charge >= 0.3 is 0 Å². The number of ether oxygens (including phenoxy) is 1. The van der Waals surface area contributed by atoms with E-state index in [1.54, 1.807) is 12.1 Å². The second-order valence-corrected chi connectivity index (χ2v) is 6.04. The number of nitrogens with one attached hydrogen (secondary N) is 2. The fraction of sp³-hybridized carbons (Fsp3) is 0.250. The zero-order chi connectivity index (χ0) is 18.5. The molecule has 134 valence electrons. The van der Waals surface area contributed by atoms with Gasteiger partial charge in [0.25, 0.3) is 5.91 Å². The van der Waals surface area contributed by atoms with Gasteiger partial charge in [0.05, 0.1) is 19.1 Å². The standard InChI is InChI=1S/C20H21N3O3/c1-3-26-17-7-5-4-6-15(17)16-12-18(24)22-20(21-16)23-19(25)14-10-8-13(2)9-11-14/h4-11,16H,3,12H2,1-2H3,(H2,21,22,23,24,25)/t16-/m1/s1. The number of para-hydroxylation sites is 1. The number of aryl methyl sites for hydroxylation is 1. The van der Waals surface area contributed by atoms with Crippen molar-refractivity contribution in [3.8, 4) is 5.75 Å². The summed E-state index contributed by atoms with van der Waals surface area (Å²) in [5.74, 6) is 0.337. The van der Waals surface area contributed by atoms with Crippen LogP contribution in [0.4, 0.5) is 0 Å². The monoisotopic (exact) mass is 351 g/mol. The molecular weight excluding hydrogens is 330 g/mol. The number of guanidine groups is 1. The van der Waals surface area contributed by atoms with Crippen LogP contribution in [0, 0.1) is 6.92 Å². The van der Waals surface area contributed by atoms with E-state index in [4.69, 9.17) is 4.74 Å². The van der Waals surface area contributed by atoms with Gasteiger partial charge in [-0.05, 0) is 32.0 Å². The van der Waals surface area contributed by atoms with Crippen LogP contribution >= 0.6 is 0 Å². The van der Waals surface area contributed by atoms with E-state index in [-0.39, 0.29) is 24.2 Å². The third-order valence-electron chi connectivity index (χ3n) is 4.05. The van der Waals surface area contributed by atoms with E-state index in [1.807, 2.05) is 50.2 Å². The lowest BCUT2D eigenvalue weighted by Gasteiger charge is -2.23. The third kappa shape index (κ3) is 4.08. The molecule has 0 saturated heterocycles. The topological polar surface area (TPSA) is 79.8 Å². The fourth-order valence-corrected chi connectivity index (χ4v) is 2.76. The van der Waals surface area contributed by atoms with E-state index in [9.17, 15) is 9.59 Å². The highest BCUT2D eigenvalue weighted by molar-refractivity contribution is 6.10. The molecule has 2 aromatic carbocycles. The van der Waals surface area contributed by atoms with Gasteiger partial charge in [-0.1, -0.05) is 35.9 Å². The van der Waals surface area contributed by atoms with E-state index in [1.165, 1.54) is 0 Å². The molecule has 0 radical (unpaired) electrons. The molecule has 2 amide bonds. The van der Waals surface area contributed by atoms with Gasteiger partial charge in [-0.15, -0.1) is 0 Å². The Morgan fingerprint density at radius 3 is 2.69 bits per heavy atom. The summed E-state index contributed by atoms with van der Waals surface area (Å²) in [4.78, 5) is 29.0. The van der Waals surface area contributed by atoms with E-state index >= 15 is 0 Å². The minimum atomic E-state index is -0.403. The van der Waals surface area contributed by atoms with Crippen molar-refractivity contribution in [2.24, 2.45) is 4.99 Å². The van der Waals surface area contributed by atoms with Crippen LogP contribution in [0.3, 0.4) is 0 Å². The second-order valence-electron chi connectivity index (χ2n) is 6.04. The van der Waals surface area contributed by atoms with Crippen molar-refractivity contribution >= 4 is 17.8 Å². The summed E-state index contributed by atoms with van der Waals surface area (Å²) >= 11 is 0. The summed E-state index contributed by atoms with van der Waals surface area (Å²) in [5, 5.41) is 5.29. The fourth-order valence-electron chi connectivity index (χ4n) is 2.76. The molecule has 6 heteroatoms. The maximum Gasteiger partial charge on any atom is 0.257 e. The molecule has 0 aliphatic carbocycles. The molecule has 3 rings (SSSR count). The summed E-state index contributed by atoms with van der Waals surface area (Å²) in [5.41, 5.74) is 2.40. The molecule has 1 atom stereocenters. The SMILES string of the molecule is CCOc1ccccc1[C@H]1CC(=O)NC(NC(=O)c2ccc(C)cc2)=N1. The van der Waals surface area contributed by atoms with Crippen LogP contribution in [0.15, 0.2) is 53.5 Å². The van der Waals surface area contributed by atoms with Crippen molar-refractivity contribution in [1.29, 1.82) is 0 Å². The molecule has 0 spiro atoms. The number of amides is 2. The first-order chi connectivity index (χ1) is 12.6. The highest BCUT2D eigenvalue weighted by atomic mass is 16.5. The zero-order valence-corrected chi connectivity index (χ0v) is 14.8. The molecule has 6 nitrogen and oxygen atoms in total.